The highest BCUT2D eigenvalue weighted by Gasteiger charge is 2.23. The first kappa shape index (κ1) is 20.1. The first-order valence-electron chi connectivity index (χ1n) is 8.67. The van der Waals surface area contributed by atoms with Crippen molar-refractivity contribution in [3.05, 3.63) is 75.8 Å². The molecule has 27 heavy (non-hydrogen) atoms. The van der Waals surface area contributed by atoms with Crippen LogP contribution in [0.4, 0.5) is 5.69 Å². The highest BCUT2D eigenvalue weighted by atomic mass is 16.6. The zero-order valence-corrected chi connectivity index (χ0v) is 15.3. The minimum absolute atomic E-state index is 0.0336. The minimum Gasteiger partial charge on any atom is -0.464 e. The molecule has 0 heterocycles. The standard InChI is InChI=1S/C20H22N2O5/c1-3-27-20(24)14(2)21-19(23)13-18(15-8-5-4-6-9-15)16-10-7-11-17(12-16)22(25)26/h4-12,14,18H,3,13H2,1-2H3,(H,21,23). The van der Waals surface area contributed by atoms with Crippen LogP contribution in [-0.4, -0.2) is 29.4 Å². The van der Waals surface area contributed by atoms with Gasteiger partial charge in [0.15, 0.2) is 0 Å². The number of nitro groups is 1. The van der Waals surface area contributed by atoms with Gasteiger partial charge in [-0.25, -0.2) is 4.79 Å². The normalized spacial score (nSPS) is 12.7. The summed E-state index contributed by atoms with van der Waals surface area (Å²) in [6.45, 7) is 3.49. The Bertz CT molecular complexity index is 807. The molecule has 0 radical (unpaired) electrons. The van der Waals surface area contributed by atoms with Crippen molar-refractivity contribution in [1.29, 1.82) is 0 Å². The molecular weight excluding hydrogens is 348 g/mol. The fraction of sp³-hybridized carbons (Fsp3) is 0.300. The molecule has 0 spiro atoms. The van der Waals surface area contributed by atoms with Crippen LogP contribution in [0.3, 0.4) is 0 Å². The largest absolute Gasteiger partial charge is 0.464 e. The number of carbonyl (C=O) groups is 2. The maximum Gasteiger partial charge on any atom is 0.328 e. The van der Waals surface area contributed by atoms with E-state index in [0.29, 0.717) is 5.56 Å². The lowest BCUT2D eigenvalue weighted by atomic mass is 9.88. The lowest BCUT2D eigenvalue weighted by Crippen LogP contribution is -2.40. The lowest BCUT2D eigenvalue weighted by molar-refractivity contribution is -0.384. The highest BCUT2D eigenvalue weighted by Crippen LogP contribution is 2.30. The molecule has 2 aromatic carbocycles. The van der Waals surface area contributed by atoms with Gasteiger partial charge in [-0.2, -0.15) is 0 Å². The molecule has 0 aromatic heterocycles. The second-order valence-corrected chi connectivity index (χ2v) is 6.06. The maximum atomic E-state index is 12.5. The van der Waals surface area contributed by atoms with E-state index in [1.807, 2.05) is 30.3 Å². The summed E-state index contributed by atoms with van der Waals surface area (Å²) < 4.78 is 4.89. The number of carbonyl (C=O) groups excluding carboxylic acids is 2. The molecule has 1 N–H and O–H groups in total. The molecular formula is C20H22N2O5. The first-order chi connectivity index (χ1) is 12.9. The number of nitro benzene ring substituents is 1. The Morgan fingerprint density at radius 3 is 2.41 bits per heavy atom. The van der Waals surface area contributed by atoms with Crippen molar-refractivity contribution in [3.63, 3.8) is 0 Å². The Hall–Kier alpha value is -3.22. The number of non-ortho nitro benzene ring substituents is 1. The summed E-state index contributed by atoms with van der Waals surface area (Å²) in [6, 6.07) is 14.8. The Morgan fingerprint density at radius 2 is 1.78 bits per heavy atom. The maximum absolute atomic E-state index is 12.5. The van der Waals surface area contributed by atoms with Gasteiger partial charge in [0, 0.05) is 24.5 Å². The zero-order chi connectivity index (χ0) is 19.8. The van der Waals surface area contributed by atoms with E-state index < -0.39 is 16.9 Å². The predicted octanol–water partition coefficient (Wildman–Crippen LogP) is 3.18. The van der Waals surface area contributed by atoms with Crippen molar-refractivity contribution in [2.24, 2.45) is 0 Å². The van der Waals surface area contributed by atoms with Crippen molar-refractivity contribution >= 4 is 17.6 Å². The molecule has 0 fully saturated rings. The fourth-order valence-electron chi connectivity index (χ4n) is 2.78. The quantitative estimate of drug-likeness (QED) is 0.437. The fourth-order valence-corrected chi connectivity index (χ4v) is 2.78. The molecule has 7 heteroatoms. The Labute approximate surface area is 157 Å². The SMILES string of the molecule is CCOC(=O)C(C)NC(=O)CC(c1ccccc1)c1cccc([N+](=O)[O-])c1. The van der Waals surface area contributed by atoms with Crippen molar-refractivity contribution in [1.82, 2.24) is 5.32 Å². The van der Waals surface area contributed by atoms with Gasteiger partial charge in [0.25, 0.3) is 5.69 Å². The topological polar surface area (TPSA) is 98.5 Å². The van der Waals surface area contributed by atoms with Gasteiger partial charge in [-0.15, -0.1) is 0 Å². The van der Waals surface area contributed by atoms with E-state index >= 15 is 0 Å². The molecule has 2 rings (SSSR count). The predicted molar refractivity (Wildman–Crippen MR) is 100 cm³/mol. The second kappa shape index (κ2) is 9.47. The van der Waals surface area contributed by atoms with Gasteiger partial charge < -0.3 is 10.1 Å². The van der Waals surface area contributed by atoms with E-state index in [2.05, 4.69) is 5.32 Å². The molecule has 0 aliphatic heterocycles. The van der Waals surface area contributed by atoms with E-state index in [9.17, 15) is 19.7 Å². The molecule has 0 saturated carbocycles. The van der Waals surface area contributed by atoms with Gasteiger partial charge in [0.1, 0.15) is 6.04 Å². The van der Waals surface area contributed by atoms with Crippen LogP contribution in [0.2, 0.25) is 0 Å². The van der Waals surface area contributed by atoms with E-state index in [1.54, 1.807) is 26.0 Å². The summed E-state index contributed by atoms with van der Waals surface area (Å²) in [5.74, 6) is -1.21. The number of hydrogen-bond donors (Lipinski definition) is 1. The molecule has 0 aliphatic rings. The van der Waals surface area contributed by atoms with Crippen molar-refractivity contribution < 1.29 is 19.2 Å². The summed E-state index contributed by atoms with van der Waals surface area (Å²) in [5.41, 5.74) is 1.49. The molecule has 2 aromatic rings. The molecule has 0 aliphatic carbocycles. The average molecular weight is 370 g/mol. The van der Waals surface area contributed by atoms with Gasteiger partial charge in [-0.1, -0.05) is 42.5 Å². The molecule has 2 unspecified atom stereocenters. The van der Waals surface area contributed by atoms with Crippen LogP contribution in [-0.2, 0) is 14.3 Å². The highest BCUT2D eigenvalue weighted by molar-refractivity contribution is 5.84. The van der Waals surface area contributed by atoms with E-state index in [0.717, 1.165) is 5.56 Å². The third-order valence-electron chi connectivity index (χ3n) is 4.09. The van der Waals surface area contributed by atoms with Crippen LogP contribution in [0.1, 0.15) is 37.3 Å². The summed E-state index contributed by atoms with van der Waals surface area (Å²) in [5, 5.41) is 13.7. The third kappa shape index (κ3) is 5.64. The number of amides is 1. The van der Waals surface area contributed by atoms with E-state index in [4.69, 9.17) is 4.74 Å². The summed E-state index contributed by atoms with van der Waals surface area (Å²) >= 11 is 0. The number of rotatable bonds is 8. The summed E-state index contributed by atoms with van der Waals surface area (Å²) in [4.78, 5) is 34.8. The Balaban J connectivity index is 2.24. The van der Waals surface area contributed by atoms with Crippen LogP contribution in [0, 0.1) is 10.1 Å². The zero-order valence-electron chi connectivity index (χ0n) is 15.3. The number of benzene rings is 2. The minimum atomic E-state index is -0.765. The van der Waals surface area contributed by atoms with Crippen LogP contribution in [0.15, 0.2) is 54.6 Å². The number of nitrogens with one attached hydrogen (secondary N) is 1. The van der Waals surface area contributed by atoms with Crippen molar-refractivity contribution in [2.45, 2.75) is 32.2 Å². The van der Waals surface area contributed by atoms with Crippen LogP contribution < -0.4 is 5.32 Å². The van der Waals surface area contributed by atoms with Crippen LogP contribution in [0.5, 0.6) is 0 Å². The average Bonchev–Trinajstić information content (AvgIpc) is 2.67. The Morgan fingerprint density at radius 1 is 1.11 bits per heavy atom. The summed E-state index contributed by atoms with van der Waals surface area (Å²) in [7, 11) is 0. The van der Waals surface area contributed by atoms with Gasteiger partial charge in [0.2, 0.25) is 5.91 Å². The molecule has 2 atom stereocenters. The smallest absolute Gasteiger partial charge is 0.328 e. The van der Waals surface area contributed by atoms with Gasteiger partial charge in [-0.05, 0) is 25.0 Å². The van der Waals surface area contributed by atoms with Gasteiger partial charge >= 0.3 is 5.97 Å². The second-order valence-electron chi connectivity index (χ2n) is 6.06. The molecule has 1 amide bonds. The number of nitrogens with zero attached hydrogens (tertiary/aromatic N) is 1. The number of hydrogen-bond acceptors (Lipinski definition) is 5. The number of ether oxygens (including phenoxy) is 1. The summed E-state index contributed by atoms with van der Waals surface area (Å²) in [6.07, 6.45) is 0.0505. The van der Waals surface area contributed by atoms with E-state index in [-0.39, 0.29) is 30.5 Å². The van der Waals surface area contributed by atoms with Crippen molar-refractivity contribution in [2.75, 3.05) is 6.61 Å². The third-order valence-corrected chi connectivity index (χ3v) is 4.09. The van der Waals surface area contributed by atoms with Crippen molar-refractivity contribution in [3.8, 4) is 0 Å². The molecule has 0 saturated heterocycles. The molecule has 142 valence electrons. The van der Waals surface area contributed by atoms with Crippen LogP contribution in [0.25, 0.3) is 0 Å². The lowest BCUT2D eigenvalue weighted by Gasteiger charge is -2.19. The van der Waals surface area contributed by atoms with Crippen LogP contribution >= 0.6 is 0 Å². The molecule has 0 bridgehead atoms. The first-order valence-corrected chi connectivity index (χ1v) is 8.67. The Kier molecular flexibility index (Phi) is 7.05. The number of esters is 1. The monoisotopic (exact) mass is 370 g/mol. The molecule has 7 nitrogen and oxygen atoms in total. The van der Waals surface area contributed by atoms with E-state index in [1.165, 1.54) is 12.1 Å². The van der Waals surface area contributed by atoms with Gasteiger partial charge in [-0.3, -0.25) is 14.9 Å². The van der Waals surface area contributed by atoms with Gasteiger partial charge in [0.05, 0.1) is 11.5 Å².